The number of hydrogen-bond acceptors (Lipinski definition) is 4. The van der Waals surface area contributed by atoms with Crippen LogP contribution in [0.5, 0.6) is 5.75 Å². The van der Waals surface area contributed by atoms with E-state index in [1.807, 2.05) is 0 Å². The Balaban J connectivity index is 2.05. The lowest BCUT2D eigenvalue weighted by molar-refractivity contribution is -0.0234. The van der Waals surface area contributed by atoms with E-state index in [2.05, 4.69) is 4.98 Å². The predicted molar refractivity (Wildman–Crippen MR) is 67.8 cm³/mol. The van der Waals surface area contributed by atoms with Crippen LogP contribution in [0.4, 0.5) is 4.79 Å². The Morgan fingerprint density at radius 3 is 2.53 bits per heavy atom. The summed E-state index contributed by atoms with van der Waals surface area (Å²) >= 11 is 0. The van der Waals surface area contributed by atoms with Crippen molar-refractivity contribution in [2.45, 2.75) is 37.3 Å². The zero-order valence-corrected chi connectivity index (χ0v) is 10.8. The SMILES string of the molecule is CN(C(=O)O)C1CCC(O)(c2ccc(O)cn2)CC1. The van der Waals surface area contributed by atoms with Crippen molar-refractivity contribution in [3.63, 3.8) is 0 Å². The van der Waals surface area contributed by atoms with Crippen molar-refractivity contribution in [1.29, 1.82) is 0 Å². The number of amides is 1. The summed E-state index contributed by atoms with van der Waals surface area (Å²) in [6.07, 6.45) is 2.49. The molecule has 104 valence electrons. The number of carboxylic acid groups (broad SMARTS) is 1. The van der Waals surface area contributed by atoms with Gasteiger partial charge in [-0.25, -0.2) is 4.79 Å². The zero-order valence-electron chi connectivity index (χ0n) is 10.8. The highest BCUT2D eigenvalue weighted by atomic mass is 16.4. The van der Waals surface area contributed by atoms with Gasteiger partial charge < -0.3 is 20.2 Å². The highest BCUT2D eigenvalue weighted by Gasteiger charge is 2.37. The first-order valence-corrected chi connectivity index (χ1v) is 6.26. The number of pyridine rings is 1. The number of carbonyl (C=O) groups is 1. The first kappa shape index (κ1) is 13.6. The molecule has 1 fully saturated rings. The minimum atomic E-state index is -1.02. The minimum Gasteiger partial charge on any atom is -0.506 e. The quantitative estimate of drug-likeness (QED) is 0.754. The fourth-order valence-corrected chi connectivity index (χ4v) is 2.54. The monoisotopic (exact) mass is 266 g/mol. The summed E-state index contributed by atoms with van der Waals surface area (Å²) in [7, 11) is 1.55. The van der Waals surface area contributed by atoms with Crippen LogP contribution in [0.1, 0.15) is 31.4 Å². The molecule has 0 radical (unpaired) electrons. The minimum absolute atomic E-state index is 0.0603. The van der Waals surface area contributed by atoms with Gasteiger partial charge in [0.1, 0.15) is 11.4 Å². The average molecular weight is 266 g/mol. The molecule has 1 aromatic heterocycles. The second-order valence-corrected chi connectivity index (χ2v) is 5.06. The van der Waals surface area contributed by atoms with Gasteiger partial charge in [0.2, 0.25) is 0 Å². The Morgan fingerprint density at radius 2 is 2.05 bits per heavy atom. The van der Waals surface area contributed by atoms with Gasteiger partial charge in [-0.2, -0.15) is 0 Å². The smallest absolute Gasteiger partial charge is 0.407 e. The third kappa shape index (κ3) is 2.78. The summed E-state index contributed by atoms with van der Waals surface area (Å²) in [5, 5.41) is 28.7. The van der Waals surface area contributed by atoms with E-state index in [1.165, 1.54) is 17.2 Å². The van der Waals surface area contributed by atoms with Crippen LogP contribution in [0.15, 0.2) is 18.3 Å². The van der Waals surface area contributed by atoms with E-state index in [-0.39, 0.29) is 11.8 Å². The Bertz CT molecular complexity index is 452. The van der Waals surface area contributed by atoms with Crippen LogP contribution in [0, 0.1) is 0 Å². The number of aromatic nitrogens is 1. The highest BCUT2D eigenvalue weighted by Crippen LogP contribution is 2.37. The lowest BCUT2D eigenvalue weighted by Crippen LogP contribution is -2.43. The molecule has 0 aliphatic heterocycles. The number of aliphatic hydroxyl groups is 1. The van der Waals surface area contributed by atoms with E-state index in [0.717, 1.165) is 0 Å². The van der Waals surface area contributed by atoms with Crippen molar-refractivity contribution in [2.24, 2.45) is 0 Å². The normalized spacial score (nSPS) is 26.9. The van der Waals surface area contributed by atoms with E-state index >= 15 is 0 Å². The summed E-state index contributed by atoms with van der Waals surface area (Å²) in [6.45, 7) is 0. The fourth-order valence-electron chi connectivity index (χ4n) is 2.54. The summed E-state index contributed by atoms with van der Waals surface area (Å²) in [4.78, 5) is 16.2. The summed E-state index contributed by atoms with van der Waals surface area (Å²) in [5.41, 5.74) is -0.495. The lowest BCUT2D eigenvalue weighted by atomic mass is 9.79. The Morgan fingerprint density at radius 1 is 1.42 bits per heavy atom. The molecule has 0 aromatic carbocycles. The zero-order chi connectivity index (χ0) is 14.0. The molecule has 6 heteroatoms. The van der Waals surface area contributed by atoms with Gasteiger partial charge in [0, 0.05) is 13.1 Å². The molecular weight excluding hydrogens is 248 g/mol. The van der Waals surface area contributed by atoms with Gasteiger partial charge in [0.15, 0.2) is 0 Å². The van der Waals surface area contributed by atoms with Gasteiger partial charge in [0.25, 0.3) is 0 Å². The molecular formula is C13H18N2O4. The largest absolute Gasteiger partial charge is 0.506 e. The van der Waals surface area contributed by atoms with Crippen LogP contribution in [0.3, 0.4) is 0 Å². The first-order chi connectivity index (χ1) is 8.92. The van der Waals surface area contributed by atoms with E-state index in [0.29, 0.717) is 31.4 Å². The van der Waals surface area contributed by atoms with Crippen molar-refractivity contribution >= 4 is 6.09 Å². The summed E-state index contributed by atoms with van der Waals surface area (Å²) < 4.78 is 0. The van der Waals surface area contributed by atoms with Crippen molar-refractivity contribution in [1.82, 2.24) is 9.88 Å². The van der Waals surface area contributed by atoms with Crippen LogP contribution < -0.4 is 0 Å². The van der Waals surface area contributed by atoms with Crippen molar-refractivity contribution < 1.29 is 20.1 Å². The molecule has 1 aliphatic carbocycles. The number of rotatable bonds is 2. The van der Waals surface area contributed by atoms with Crippen LogP contribution in [0.25, 0.3) is 0 Å². The third-order valence-corrected chi connectivity index (χ3v) is 3.86. The molecule has 19 heavy (non-hydrogen) atoms. The van der Waals surface area contributed by atoms with E-state index in [9.17, 15) is 15.0 Å². The van der Waals surface area contributed by atoms with Crippen LogP contribution in [-0.2, 0) is 5.60 Å². The van der Waals surface area contributed by atoms with Crippen LogP contribution >= 0.6 is 0 Å². The molecule has 1 heterocycles. The second kappa shape index (κ2) is 5.05. The third-order valence-electron chi connectivity index (χ3n) is 3.86. The van der Waals surface area contributed by atoms with Crippen molar-refractivity contribution in [2.75, 3.05) is 7.05 Å². The molecule has 3 N–H and O–H groups in total. The Labute approximate surface area is 111 Å². The second-order valence-electron chi connectivity index (χ2n) is 5.06. The maximum atomic E-state index is 10.9. The van der Waals surface area contributed by atoms with E-state index in [1.54, 1.807) is 13.1 Å². The molecule has 0 bridgehead atoms. The van der Waals surface area contributed by atoms with Gasteiger partial charge in [-0.05, 0) is 37.8 Å². The van der Waals surface area contributed by atoms with Crippen molar-refractivity contribution in [3.8, 4) is 5.75 Å². The average Bonchev–Trinajstić information content (AvgIpc) is 2.39. The molecule has 1 aromatic rings. The molecule has 0 unspecified atom stereocenters. The molecule has 6 nitrogen and oxygen atoms in total. The molecule has 0 spiro atoms. The molecule has 1 saturated carbocycles. The molecule has 2 rings (SSSR count). The lowest BCUT2D eigenvalue weighted by Gasteiger charge is -2.38. The van der Waals surface area contributed by atoms with E-state index < -0.39 is 11.7 Å². The number of nitrogens with zero attached hydrogens (tertiary/aromatic N) is 2. The van der Waals surface area contributed by atoms with Gasteiger partial charge in [-0.15, -0.1) is 0 Å². The van der Waals surface area contributed by atoms with Gasteiger partial charge in [0.05, 0.1) is 11.9 Å². The molecule has 0 atom stereocenters. The summed E-state index contributed by atoms with van der Waals surface area (Å²) in [6, 6.07) is 3.04. The highest BCUT2D eigenvalue weighted by molar-refractivity contribution is 5.64. The van der Waals surface area contributed by atoms with Crippen LogP contribution in [0.2, 0.25) is 0 Å². The molecule has 1 amide bonds. The maximum absolute atomic E-state index is 10.9. The predicted octanol–water partition coefficient (Wildman–Crippen LogP) is 1.53. The number of hydrogen-bond donors (Lipinski definition) is 3. The molecule has 1 aliphatic rings. The first-order valence-electron chi connectivity index (χ1n) is 6.26. The Kier molecular flexibility index (Phi) is 3.61. The van der Waals surface area contributed by atoms with Crippen molar-refractivity contribution in [3.05, 3.63) is 24.0 Å². The fraction of sp³-hybridized carbons (Fsp3) is 0.538. The van der Waals surface area contributed by atoms with Gasteiger partial charge in [-0.1, -0.05) is 0 Å². The van der Waals surface area contributed by atoms with Gasteiger partial charge in [-0.3, -0.25) is 4.98 Å². The standard InChI is InChI=1S/C13H18N2O4/c1-15(12(17)18)9-4-6-13(19,7-5-9)11-3-2-10(16)8-14-11/h2-3,8-9,16,19H,4-7H2,1H3,(H,17,18). The summed E-state index contributed by atoms with van der Waals surface area (Å²) in [5.74, 6) is 0.0617. The Hall–Kier alpha value is -1.82. The number of aromatic hydroxyl groups is 1. The van der Waals surface area contributed by atoms with Gasteiger partial charge >= 0.3 is 6.09 Å². The molecule has 0 saturated heterocycles. The topological polar surface area (TPSA) is 93.9 Å². The van der Waals surface area contributed by atoms with Crippen LogP contribution in [-0.4, -0.2) is 44.4 Å². The van der Waals surface area contributed by atoms with E-state index in [4.69, 9.17) is 5.11 Å². The maximum Gasteiger partial charge on any atom is 0.407 e.